The highest BCUT2D eigenvalue weighted by molar-refractivity contribution is 5.80. The number of benzene rings is 1. The number of aromatic nitrogens is 3. The first kappa shape index (κ1) is 16.8. The minimum atomic E-state index is -0.706. The van der Waals surface area contributed by atoms with Crippen LogP contribution in [0.25, 0.3) is 11.0 Å². The fourth-order valence-corrected chi connectivity index (χ4v) is 2.91. The van der Waals surface area contributed by atoms with E-state index in [9.17, 15) is 19.3 Å². The van der Waals surface area contributed by atoms with Crippen LogP contribution in [0, 0.1) is 15.9 Å². The molecule has 25 heavy (non-hydrogen) atoms. The second-order valence-corrected chi connectivity index (χ2v) is 5.85. The summed E-state index contributed by atoms with van der Waals surface area (Å²) in [6.07, 6.45) is 3.03. The van der Waals surface area contributed by atoms with Gasteiger partial charge in [-0.3, -0.25) is 14.9 Å². The zero-order valence-electron chi connectivity index (χ0n) is 13.9. The molecule has 0 aliphatic carbocycles. The molecule has 0 aliphatic heterocycles. The predicted octanol–water partition coefficient (Wildman–Crippen LogP) is 2.78. The highest BCUT2D eigenvalue weighted by Crippen LogP contribution is 2.22. The van der Waals surface area contributed by atoms with Gasteiger partial charge in [0.15, 0.2) is 0 Å². The number of imidazole rings is 1. The average molecular weight is 344 g/mol. The Labute approximate surface area is 142 Å². The van der Waals surface area contributed by atoms with Crippen molar-refractivity contribution in [1.29, 1.82) is 0 Å². The second-order valence-electron chi connectivity index (χ2n) is 5.85. The minimum Gasteiger partial charge on any atom is -0.330 e. The number of hydrogen-bond donors (Lipinski definition) is 0. The number of aryl methyl sites for hydroxylation is 2. The SMILES string of the molecule is CCCc1cc(F)cc2c1nc(Cn1cccc([N+](=O)[O-])c1=O)n2C. The smallest absolute Gasteiger partial charge is 0.330 e. The summed E-state index contributed by atoms with van der Waals surface area (Å²) < 4.78 is 16.8. The van der Waals surface area contributed by atoms with E-state index in [1.54, 1.807) is 11.6 Å². The Bertz CT molecular complexity index is 1020. The Hall–Kier alpha value is -3.03. The molecule has 0 aliphatic rings. The molecular formula is C17H17FN4O3. The van der Waals surface area contributed by atoms with Crippen molar-refractivity contribution in [3.63, 3.8) is 0 Å². The molecule has 0 atom stereocenters. The van der Waals surface area contributed by atoms with Gasteiger partial charge in [0.05, 0.1) is 22.5 Å². The fraction of sp³-hybridized carbons (Fsp3) is 0.294. The van der Waals surface area contributed by atoms with E-state index in [-0.39, 0.29) is 12.4 Å². The molecule has 2 heterocycles. The van der Waals surface area contributed by atoms with Crippen LogP contribution in [-0.2, 0) is 20.0 Å². The van der Waals surface area contributed by atoms with Gasteiger partial charge >= 0.3 is 11.2 Å². The third-order valence-electron chi connectivity index (χ3n) is 4.15. The molecule has 1 aromatic carbocycles. The van der Waals surface area contributed by atoms with Crippen LogP contribution in [0.2, 0.25) is 0 Å². The van der Waals surface area contributed by atoms with Crippen molar-refractivity contribution in [2.75, 3.05) is 0 Å². The maximum absolute atomic E-state index is 13.9. The zero-order chi connectivity index (χ0) is 18.1. The van der Waals surface area contributed by atoms with E-state index in [1.165, 1.54) is 35.0 Å². The third kappa shape index (κ3) is 3.02. The van der Waals surface area contributed by atoms with E-state index in [0.717, 1.165) is 12.0 Å². The van der Waals surface area contributed by atoms with Crippen LogP contribution < -0.4 is 5.56 Å². The monoisotopic (exact) mass is 344 g/mol. The van der Waals surface area contributed by atoms with E-state index in [4.69, 9.17) is 0 Å². The summed E-state index contributed by atoms with van der Waals surface area (Å²) >= 11 is 0. The largest absolute Gasteiger partial charge is 0.334 e. The molecule has 2 aromatic heterocycles. The molecule has 0 N–H and O–H groups in total. The Kier molecular flexibility index (Phi) is 4.35. The standard InChI is InChI=1S/C17H17FN4O3/c1-3-5-11-8-12(18)9-14-16(11)19-15(20(14)2)10-21-7-4-6-13(17(21)23)22(24)25/h4,6-9H,3,5,10H2,1-2H3. The summed E-state index contributed by atoms with van der Waals surface area (Å²) in [6, 6.07) is 5.50. The molecule has 3 aromatic rings. The van der Waals surface area contributed by atoms with Gasteiger partial charge in [-0.05, 0) is 30.2 Å². The maximum Gasteiger partial charge on any atom is 0.334 e. The van der Waals surface area contributed by atoms with Gasteiger partial charge < -0.3 is 9.13 Å². The van der Waals surface area contributed by atoms with Gasteiger partial charge in [0.1, 0.15) is 11.6 Å². The second kappa shape index (κ2) is 6.46. The van der Waals surface area contributed by atoms with Crippen LogP contribution in [0.4, 0.5) is 10.1 Å². The van der Waals surface area contributed by atoms with Crippen molar-refractivity contribution in [2.45, 2.75) is 26.3 Å². The Morgan fingerprint density at radius 3 is 2.80 bits per heavy atom. The van der Waals surface area contributed by atoms with E-state index in [2.05, 4.69) is 4.98 Å². The molecule has 3 rings (SSSR count). The number of nitrogens with zero attached hydrogens (tertiary/aromatic N) is 4. The van der Waals surface area contributed by atoms with Crippen molar-refractivity contribution >= 4 is 16.7 Å². The van der Waals surface area contributed by atoms with Crippen molar-refractivity contribution in [2.24, 2.45) is 7.05 Å². The van der Waals surface area contributed by atoms with Gasteiger partial charge in [0.2, 0.25) is 0 Å². The molecule has 0 spiro atoms. The first-order chi connectivity index (χ1) is 11.9. The Morgan fingerprint density at radius 1 is 1.36 bits per heavy atom. The third-order valence-corrected chi connectivity index (χ3v) is 4.15. The molecule has 130 valence electrons. The molecule has 0 radical (unpaired) electrons. The molecule has 0 amide bonds. The summed E-state index contributed by atoms with van der Waals surface area (Å²) in [6.45, 7) is 2.07. The van der Waals surface area contributed by atoms with Gasteiger partial charge in [-0.2, -0.15) is 0 Å². The van der Waals surface area contributed by atoms with Crippen molar-refractivity contribution in [3.8, 4) is 0 Å². The van der Waals surface area contributed by atoms with Crippen molar-refractivity contribution < 1.29 is 9.31 Å². The van der Waals surface area contributed by atoms with Crippen molar-refractivity contribution in [1.82, 2.24) is 14.1 Å². The molecule has 7 nitrogen and oxygen atoms in total. The topological polar surface area (TPSA) is 83.0 Å². The lowest BCUT2D eigenvalue weighted by Crippen LogP contribution is -2.23. The Morgan fingerprint density at radius 2 is 2.12 bits per heavy atom. The number of fused-ring (bicyclic) bond motifs is 1. The van der Waals surface area contributed by atoms with E-state index in [0.29, 0.717) is 23.3 Å². The molecule has 0 unspecified atom stereocenters. The summed E-state index contributed by atoms with van der Waals surface area (Å²) in [4.78, 5) is 27.0. The molecular weight excluding hydrogens is 327 g/mol. The van der Waals surface area contributed by atoms with Crippen LogP contribution in [0.5, 0.6) is 0 Å². The molecule has 8 heteroatoms. The van der Waals surface area contributed by atoms with Gasteiger partial charge in [0, 0.05) is 19.3 Å². The van der Waals surface area contributed by atoms with E-state index >= 15 is 0 Å². The van der Waals surface area contributed by atoms with Gasteiger partial charge in [-0.25, -0.2) is 9.37 Å². The minimum absolute atomic E-state index is 0.0683. The number of hydrogen-bond acceptors (Lipinski definition) is 4. The number of pyridine rings is 1. The maximum atomic E-state index is 13.9. The van der Waals surface area contributed by atoms with Gasteiger partial charge in [0.25, 0.3) is 0 Å². The molecule has 0 saturated carbocycles. The lowest BCUT2D eigenvalue weighted by Gasteiger charge is -2.05. The highest BCUT2D eigenvalue weighted by atomic mass is 19.1. The van der Waals surface area contributed by atoms with Crippen molar-refractivity contribution in [3.05, 3.63) is 68.1 Å². The quantitative estimate of drug-likeness (QED) is 0.526. The van der Waals surface area contributed by atoms with Gasteiger partial charge in [-0.1, -0.05) is 13.3 Å². The summed E-state index contributed by atoms with van der Waals surface area (Å²) in [5.74, 6) is 0.193. The summed E-state index contributed by atoms with van der Waals surface area (Å²) in [5, 5.41) is 10.9. The molecule has 0 saturated heterocycles. The van der Waals surface area contributed by atoms with Gasteiger partial charge in [-0.15, -0.1) is 0 Å². The molecule has 0 bridgehead atoms. The lowest BCUT2D eigenvalue weighted by atomic mass is 10.1. The fourth-order valence-electron chi connectivity index (χ4n) is 2.91. The van der Waals surface area contributed by atoms with E-state index in [1.807, 2.05) is 6.92 Å². The zero-order valence-corrected chi connectivity index (χ0v) is 13.9. The first-order valence-electron chi connectivity index (χ1n) is 7.90. The Balaban J connectivity index is 2.10. The molecule has 0 fully saturated rings. The van der Waals surface area contributed by atoms with Crippen LogP contribution in [0.3, 0.4) is 0 Å². The van der Waals surface area contributed by atoms with Crippen LogP contribution in [0.1, 0.15) is 24.7 Å². The van der Waals surface area contributed by atoms with E-state index < -0.39 is 16.2 Å². The highest BCUT2D eigenvalue weighted by Gasteiger charge is 2.17. The first-order valence-corrected chi connectivity index (χ1v) is 7.90. The van der Waals surface area contributed by atoms with Crippen LogP contribution in [0.15, 0.2) is 35.3 Å². The number of halogens is 1. The van der Waals surface area contributed by atoms with Crippen LogP contribution in [-0.4, -0.2) is 19.0 Å². The van der Waals surface area contributed by atoms with Crippen LogP contribution >= 0.6 is 0 Å². The number of rotatable bonds is 5. The summed E-state index contributed by atoms with van der Waals surface area (Å²) in [7, 11) is 1.74. The number of nitro groups is 1. The normalized spacial score (nSPS) is 11.2. The summed E-state index contributed by atoms with van der Waals surface area (Å²) in [5.41, 5.74) is 0.959. The predicted molar refractivity (Wildman–Crippen MR) is 91.1 cm³/mol. The average Bonchev–Trinajstić information content (AvgIpc) is 2.86. The lowest BCUT2D eigenvalue weighted by molar-refractivity contribution is -0.386.